The van der Waals surface area contributed by atoms with Crippen LogP contribution in [0.3, 0.4) is 0 Å². The molecule has 0 fully saturated rings. The van der Waals surface area contributed by atoms with E-state index in [4.69, 9.17) is 4.74 Å². The third-order valence-electron chi connectivity index (χ3n) is 2.39. The van der Waals surface area contributed by atoms with Gasteiger partial charge in [-0.2, -0.15) is 0 Å². The van der Waals surface area contributed by atoms with Gasteiger partial charge in [0.05, 0.1) is 6.61 Å². The predicted octanol–water partition coefficient (Wildman–Crippen LogP) is 3.00. The number of nitrogens with one attached hydrogen (secondary N) is 1. The number of rotatable bonds is 8. The van der Waals surface area contributed by atoms with E-state index >= 15 is 0 Å². The molecular formula is C13H23NOS. The van der Waals surface area contributed by atoms with Crippen molar-refractivity contribution in [1.82, 2.24) is 5.32 Å². The van der Waals surface area contributed by atoms with Crippen molar-refractivity contribution >= 4 is 11.3 Å². The van der Waals surface area contributed by atoms with E-state index in [2.05, 4.69) is 38.2 Å². The number of hydrogen-bond acceptors (Lipinski definition) is 3. The lowest BCUT2D eigenvalue weighted by Gasteiger charge is -2.12. The zero-order valence-electron chi connectivity index (χ0n) is 10.6. The number of ether oxygens (including phenoxy) is 1. The second-order valence-electron chi connectivity index (χ2n) is 4.18. The molecular weight excluding hydrogens is 218 g/mol. The van der Waals surface area contributed by atoms with E-state index in [1.54, 1.807) is 0 Å². The summed E-state index contributed by atoms with van der Waals surface area (Å²) in [6, 6.07) is 4.95. The molecule has 0 bridgehead atoms. The largest absolute Gasteiger partial charge is 0.380 e. The van der Waals surface area contributed by atoms with Gasteiger partial charge in [0.2, 0.25) is 0 Å². The molecule has 0 aromatic carbocycles. The molecule has 1 rings (SSSR count). The molecule has 1 heterocycles. The van der Waals surface area contributed by atoms with Crippen molar-refractivity contribution in [1.29, 1.82) is 0 Å². The van der Waals surface area contributed by atoms with Gasteiger partial charge in [-0.1, -0.05) is 6.92 Å². The van der Waals surface area contributed by atoms with Crippen LogP contribution in [-0.2, 0) is 11.2 Å². The smallest absolute Gasteiger partial charge is 0.0590 e. The van der Waals surface area contributed by atoms with E-state index in [1.165, 1.54) is 9.75 Å². The minimum atomic E-state index is 0.531. The van der Waals surface area contributed by atoms with Crippen LogP contribution in [-0.4, -0.2) is 25.8 Å². The van der Waals surface area contributed by atoms with Crippen LogP contribution >= 0.6 is 11.3 Å². The summed E-state index contributed by atoms with van der Waals surface area (Å²) < 4.78 is 5.43. The molecule has 0 saturated carbocycles. The first-order valence-corrected chi connectivity index (χ1v) is 6.90. The van der Waals surface area contributed by atoms with Crippen molar-refractivity contribution in [2.24, 2.45) is 0 Å². The van der Waals surface area contributed by atoms with Crippen molar-refractivity contribution in [3.8, 4) is 0 Å². The van der Waals surface area contributed by atoms with Crippen LogP contribution in [0, 0.1) is 6.92 Å². The van der Waals surface area contributed by atoms with Gasteiger partial charge in [0.25, 0.3) is 0 Å². The van der Waals surface area contributed by atoms with Gasteiger partial charge in [0, 0.05) is 28.9 Å². The van der Waals surface area contributed by atoms with Gasteiger partial charge < -0.3 is 10.1 Å². The average Bonchev–Trinajstić information content (AvgIpc) is 2.63. The Morgan fingerprint density at radius 3 is 2.81 bits per heavy atom. The molecule has 1 unspecified atom stereocenters. The van der Waals surface area contributed by atoms with Crippen LogP contribution in [0.5, 0.6) is 0 Å². The zero-order valence-corrected chi connectivity index (χ0v) is 11.4. The van der Waals surface area contributed by atoms with Crippen molar-refractivity contribution < 1.29 is 4.74 Å². The monoisotopic (exact) mass is 241 g/mol. The zero-order chi connectivity index (χ0) is 11.8. The molecule has 0 aliphatic carbocycles. The fraction of sp³-hybridized carbons (Fsp3) is 0.692. The summed E-state index contributed by atoms with van der Waals surface area (Å²) in [5.74, 6) is 0. The maximum absolute atomic E-state index is 5.43. The molecule has 16 heavy (non-hydrogen) atoms. The van der Waals surface area contributed by atoms with Crippen molar-refractivity contribution in [2.45, 2.75) is 39.7 Å². The fourth-order valence-electron chi connectivity index (χ4n) is 1.59. The summed E-state index contributed by atoms with van der Waals surface area (Å²) in [7, 11) is 0. The third kappa shape index (κ3) is 5.64. The van der Waals surface area contributed by atoms with Crippen LogP contribution in [0.4, 0.5) is 0 Å². The van der Waals surface area contributed by atoms with Gasteiger partial charge in [0.1, 0.15) is 0 Å². The molecule has 1 N–H and O–H groups in total. The highest BCUT2D eigenvalue weighted by molar-refractivity contribution is 7.11. The summed E-state index contributed by atoms with van der Waals surface area (Å²) in [6.45, 7) is 9.17. The Morgan fingerprint density at radius 2 is 2.19 bits per heavy atom. The average molecular weight is 241 g/mol. The predicted molar refractivity (Wildman–Crippen MR) is 71.3 cm³/mol. The molecule has 1 aromatic rings. The standard InChI is InChI=1S/C13H23NOS/c1-4-8-15-9-7-14-11(2)10-13-6-5-12(3)16-13/h5-6,11,14H,4,7-10H2,1-3H3. The first-order valence-electron chi connectivity index (χ1n) is 6.08. The molecule has 3 heteroatoms. The minimum absolute atomic E-state index is 0.531. The first-order chi connectivity index (χ1) is 7.72. The quantitative estimate of drug-likeness (QED) is 0.706. The molecule has 0 radical (unpaired) electrons. The van der Waals surface area contributed by atoms with E-state index in [0.29, 0.717) is 6.04 Å². The minimum Gasteiger partial charge on any atom is -0.380 e. The van der Waals surface area contributed by atoms with E-state index < -0.39 is 0 Å². The van der Waals surface area contributed by atoms with Gasteiger partial charge in [-0.25, -0.2) is 0 Å². The maximum atomic E-state index is 5.43. The molecule has 0 amide bonds. The van der Waals surface area contributed by atoms with Gasteiger partial charge in [-0.15, -0.1) is 11.3 Å². The van der Waals surface area contributed by atoms with E-state index in [1.807, 2.05) is 11.3 Å². The third-order valence-corrected chi connectivity index (χ3v) is 3.41. The van der Waals surface area contributed by atoms with Gasteiger partial charge >= 0.3 is 0 Å². The van der Waals surface area contributed by atoms with E-state index in [9.17, 15) is 0 Å². The summed E-state index contributed by atoms with van der Waals surface area (Å²) in [5.41, 5.74) is 0. The van der Waals surface area contributed by atoms with Crippen molar-refractivity contribution in [3.05, 3.63) is 21.9 Å². The number of aryl methyl sites for hydroxylation is 1. The highest BCUT2D eigenvalue weighted by Crippen LogP contribution is 2.16. The SMILES string of the molecule is CCCOCCNC(C)Cc1ccc(C)s1. The van der Waals surface area contributed by atoms with Crippen LogP contribution in [0.1, 0.15) is 30.0 Å². The second-order valence-corrected chi connectivity index (χ2v) is 5.56. The fourth-order valence-corrected chi connectivity index (χ4v) is 2.61. The number of thiophene rings is 1. The molecule has 1 atom stereocenters. The summed E-state index contributed by atoms with van der Waals surface area (Å²) in [4.78, 5) is 2.86. The molecule has 92 valence electrons. The topological polar surface area (TPSA) is 21.3 Å². The lowest BCUT2D eigenvalue weighted by Crippen LogP contribution is -2.31. The van der Waals surface area contributed by atoms with Crippen LogP contribution < -0.4 is 5.32 Å². The molecule has 0 saturated heterocycles. The summed E-state index contributed by atoms with van der Waals surface area (Å²) >= 11 is 1.89. The summed E-state index contributed by atoms with van der Waals surface area (Å²) in [6.07, 6.45) is 2.22. The normalized spacial score (nSPS) is 12.9. The van der Waals surface area contributed by atoms with Gasteiger partial charge in [0.15, 0.2) is 0 Å². The Morgan fingerprint density at radius 1 is 1.38 bits per heavy atom. The van der Waals surface area contributed by atoms with Crippen LogP contribution in [0.2, 0.25) is 0 Å². The molecule has 0 aliphatic heterocycles. The van der Waals surface area contributed by atoms with Crippen LogP contribution in [0.15, 0.2) is 12.1 Å². The lowest BCUT2D eigenvalue weighted by atomic mass is 10.2. The second kappa shape index (κ2) is 7.82. The van der Waals surface area contributed by atoms with Gasteiger partial charge in [-0.3, -0.25) is 0 Å². The molecule has 2 nitrogen and oxygen atoms in total. The molecule has 1 aromatic heterocycles. The first kappa shape index (κ1) is 13.7. The van der Waals surface area contributed by atoms with Crippen molar-refractivity contribution in [2.75, 3.05) is 19.8 Å². The van der Waals surface area contributed by atoms with Crippen molar-refractivity contribution in [3.63, 3.8) is 0 Å². The lowest BCUT2D eigenvalue weighted by molar-refractivity contribution is 0.135. The maximum Gasteiger partial charge on any atom is 0.0590 e. The highest BCUT2D eigenvalue weighted by Gasteiger charge is 2.04. The Hall–Kier alpha value is -0.380. The van der Waals surface area contributed by atoms with E-state index in [-0.39, 0.29) is 0 Å². The van der Waals surface area contributed by atoms with Gasteiger partial charge in [-0.05, 0) is 38.8 Å². The summed E-state index contributed by atoms with van der Waals surface area (Å²) in [5, 5.41) is 3.48. The Kier molecular flexibility index (Phi) is 6.69. The number of hydrogen-bond donors (Lipinski definition) is 1. The highest BCUT2D eigenvalue weighted by atomic mass is 32.1. The Balaban J connectivity index is 2.09. The molecule has 0 aliphatic rings. The molecule has 0 spiro atoms. The van der Waals surface area contributed by atoms with E-state index in [0.717, 1.165) is 32.6 Å². The van der Waals surface area contributed by atoms with Crippen LogP contribution in [0.25, 0.3) is 0 Å². The Labute approximate surface area is 103 Å². The Bertz CT molecular complexity index is 285.